The number of carbonyl (C=O) groups is 4. The lowest BCUT2D eigenvalue weighted by Crippen LogP contribution is -2.61. The van der Waals surface area contributed by atoms with E-state index in [4.69, 9.17) is 0 Å². The van der Waals surface area contributed by atoms with Gasteiger partial charge in [-0.2, -0.15) is 0 Å². The Kier molecular flexibility index (Phi) is 7.79. The molecule has 2 fully saturated rings. The van der Waals surface area contributed by atoms with Crippen LogP contribution in [0.2, 0.25) is 0 Å². The SMILES string of the molecule is CN[C@@H](C)C(=O)N[C@H]1CN(C(=O)CCc2ccccc2)CC[C@H]2CC[C@@H](C=O)N2C1=O. The number of aldehydes is 1. The maximum Gasteiger partial charge on any atom is 0.247 e. The number of benzene rings is 1. The Morgan fingerprint density at radius 3 is 2.61 bits per heavy atom. The topological polar surface area (TPSA) is 98.8 Å². The van der Waals surface area contributed by atoms with Crippen molar-refractivity contribution < 1.29 is 19.2 Å². The predicted octanol–water partition coefficient (Wildman–Crippen LogP) is 0.503. The van der Waals surface area contributed by atoms with Gasteiger partial charge < -0.3 is 25.2 Å². The van der Waals surface area contributed by atoms with Crippen LogP contribution in [0.15, 0.2) is 30.3 Å². The zero-order chi connectivity index (χ0) is 22.4. The fourth-order valence-corrected chi connectivity index (χ4v) is 4.36. The molecule has 0 spiro atoms. The van der Waals surface area contributed by atoms with Gasteiger partial charge in [-0.1, -0.05) is 30.3 Å². The summed E-state index contributed by atoms with van der Waals surface area (Å²) in [5.74, 6) is -0.621. The maximum atomic E-state index is 13.3. The van der Waals surface area contributed by atoms with E-state index in [1.165, 1.54) is 0 Å². The molecule has 0 bridgehead atoms. The summed E-state index contributed by atoms with van der Waals surface area (Å²) in [6.45, 7) is 2.32. The number of likely N-dealkylation sites (N-methyl/N-ethyl adjacent to an activating group) is 1. The highest BCUT2D eigenvalue weighted by Crippen LogP contribution is 2.28. The Morgan fingerprint density at radius 1 is 1.19 bits per heavy atom. The number of nitrogens with one attached hydrogen (secondary N) is 2. The molecule has 0 unspecified atom stereocenters. The van der Waals surface area contributed by atoms with Crippen LogP contribution in [0.25, 0.3) is 0 Å². The molecule has 0 radical (unpaired) electrons. The molecule has 3 rings (SSSR count). The van der Waals surface area contributed by atoms with Gasteiger partial charge in [-0.3, -0.25) is 14.4 Å². The van der Waals surface area contributed by atoms with Crippen LogP contribution in [0, 0.1) is 0 Å². The minimum atomic E-state index is -0.868. The van der Waals surface area contributed by atoms with Gasteiger partial charge in [-0.15, -0.1) is 0 Å². The molecular formula is C23H32N4O4. The van der Waals surface area contributed by atoms with Crippen LogP contribution in [0.4, 0.5) is 0 Å². The van der Waals surface area contributed by atoms with Crippen molar-refractivity contribution in [1.82, 2.24) is 20.4 Å². The molecule has 1 aromatic carbocycles. The van der Waals surface area contributed by atoms with E-state index in [2.05, 4.69) is 10.6 Å². The molecular weight excluding hydrogens is 396 g/mol. The number of hydrogen-bond donors (Lipinski definition) is 2. The number of rotatable bonds is 7. The summed E-state index contributed by atoms with van der Waals surface area (Å²) >= 11 is 0. The molecule has 3 amide bonds. The first kappa shape index (κ1) is 22.9. The summed E-state index contributed by atoms with van der Waals surface area (Å²) in [7, 11) is 1.67. The first-order valence-corrected chi connectivity index (χ1v) is 11.0. The van der Waals surface area contributed by atoms with E-state index in [-0.39, 0.29) is 30.3 Å². The van der Waals surface area contributed by atoms with Crippen molar-refractivity contribution in [2.24, 2.45) is 0 Å². The van der Waals surface area contributed by atoms with Gasteiger partial charge in [0.05, 0.1) is 12.1 Å². The first-order valence-electron chi connectivity index (χ1n) is 11.0. The summed E-state index contributed by atoms with van der Waals surface area (Å²) in [6.07, 6.45) is 3.78. The van der Waals surface area contributed by atoms with E-state index >= 15 is 0 Å². The third kappa shape index (κ3) is 5.50. The molecule has 2 N–H and O–H groups in total. The molecule has 8 heteroatoms. The zero-order valence-electron chi connectivity index (χ0n) is 18.3. The lowest BCUT2D eigenvalue weighted by molar-refractivity contribution is -0.145. The largest absolute Gasteiger partial charge is 0.341 e. The van der Waals surface area contributed by atoms with E-state index in [1.807, 2.05) is 30.3 Å². The molecule has 31 heavy (non-hydrogen) atoms. The smallest absolute Gasteiger partial charge is 0.247 e. The predicted molar refractivity (Wildman–Crippen MR) is 116 cm³/mol. The van der Waals surface area contributed by atoms with Crippen molar-refractivity contribution in [3.63, 3.8) is 0 Å². The summed E-state index contributed by atoms with van der Waals surface area (Å²) in [5, 5.41) is 5.66. The number of hydrogen-bond acceptors (Lipinski definition) is 5. The minimum absolute atomic E-state index is 0.0315. The number of aryl methyl sites for hydroxylation is 1. The van der Waals surface area contributed by atoms with E-state index < -0.39 is 18.1 Å². The zero-order valence-corrected chi connectivity index (χ0v) is 18.3. The summed E-state index contributed by atoms with van der Waals surface area (Å²) in [4.78, 5) is 53.7. The molecule has 2 saturated heterocycles. The second-order valence-corrected chi connectivity index (χ2v) is 8.37. The van der Waals surface area contributed by atoms with E-state index in [0.29, 0.717) is 32.2 Å². The van der Waals surface area contributed by atoms with Gasteiger partial charge >= 0.3 is 0 Å². The molecule has 2 aliphatic rings. The van der Waals surface area contributed by atoms with Crippen LogP contribution < -0.4 is 10.6 Å². The molecule has 2 aliphatic heterocycles. The van der Waals surface area contributed by atoms with Gasteiger partial charge in [0.1, 0.15) is 12.3 Å². The van der Waals surface area contributed by atoms with Crippen LogP contribution >= 0.6 is 0 Å². The van der Waals surface area contributed by atoms with Gasteiger partial charge in [-0.25, -0.2) is 0 Å². The van der Waals surface area contributed by atoms with Crippen LogP contribution in [-0.4, -0.2) is 78.1 Å². The summed E-state index contributed by atoms with van der Waals surface area (Å²) in [5.41, 5.74) is 1.09. The minimum Gasteiger partial charge on any atom is -0.341 e. The second-order valence-electron chi connectivity index (χ2n) is 8.37. The van der Waals surface area contributed by atoms with Crippen LogP contribution in [0.3, 0.4) is 0 Å². The maximum absolute atomic E-state index is 13.3. The van der Waals surface area contributed by atoms with Gasteiger partial charge in [0.2, 0.25) is 17.7 Å². The fraction of sp³-hybridized carbons (Fsp3) is 0.565. The molecule has 0 aliphatic carbocycles. The molecule has 2 heterocycles. The molecule has 8 nitrogen and oxygen atoms in total. The van der Waals surface area contributed by atoms with Crippen LogP contribution in [-0.2, 0) is 25.6 Å². The van der Waals surface area contributed by atoms with Crippen molar-refractivity contribution in [3.8, 4) is 0 Å². The van der Waals surface area contributed by atoms with Crippen molar-refractivity contribution >= 4 is 24.0 Å². The number of amides is 3. The van der Waals surface area contributed by atoms with Crippen molar-refractivity contribution in [2.75, 3.05) is 20.1 Å². The number of carbonyl (C=O) groups excluding carboxylic acids is 4. The Bertz CT molecular complexity index is 800. The van der Waals surface area contributed by atoms with Gasteiger partial charge in [0, 0.05) is 25.6 Å². The second kappa shape index (κ2) is 10.5. The van der Waals surface area contributed by atoms with Crippen molar-refractivity contribution in [1.29, 1.82) is 0 Å². The van der Waals surface area contributed by atoms with Crippen LogP contribution in [0.1, 0.15) is 38.2 Å². The number of fused-ring (bicyclic) bond motifs is 1. The van der Waals surface area contributed by atoms with E-state index in [0.717, 1.165) is 18.3 Å². The monoisotopic (exact) mass is 428 g/mol. The Balaban J connectivity index is 1.75. The Hall–Kier alpha value is -2.74. The third-order valence-corrected chi connectivity index (χ3v) is 6.36. The molecule has 4 atom stereocenters. The average Bonchev–Trinajstić information content (AvgIpc) is 3.20. The highest BCUT2D eigenvalue weighted by molar-refractivity contribution is 5.92. The van der Waals surface area contributed by atoms with Crippen molar-refractivity contribution in [2.45, 2.75) is 63.2 Å². The molecule has 0 saturated carbocycles. The van der Waals surface area contributed by atoms with Crippen LogP contribution in [0.5, 0.6) is 0 Å². The molecule has 168 valence electrons. The number of nitrogens with zero attached hydrogens (tertiary/aromatic N) is 2. The lowest BCUT2D eigenvalue weighted by Gasteiger charge is -2.38. The van der Waals surface area contributed by atoms with E-state index in [1.54, 1.807) is 23.8 Å². The van der Waals surface area contributed by atoms with E-state index in [9.17, 15) is 19.2 Å². The first-order chi connectivity index (χ1) is 14.9. The summed E-state index contributed by atoms with van der Waals surface area (Å²) in [6, 6.07) is 7.92. The molecule has 1 aromatic rings. The summed E-state index contributed by atoms with van der Waals surface area (Å²) < 4.78 is 0. The molecule has 0 aromatic heterocycles. The fourth-order valence-electron chi connectivity index (χ4n) is 4.36. The highest BCUT2D eigenvalue weighted by Gasteiger charge is 2.42. The average molecular weight is 429 g/mol. The quantitative estimate of drug-likeness (QED) is 0.617. The van der Waals surface area contributed by atoms with Crippen molar-refractivity contribution in [3.05, 3.63) is 35.9 Å². The Morgan fingerprint density at radius 2 is 1.94 bits per heavy atom. The Labute approximate surface area is 183 Å². The standard InChI is InChI=1S/C23H32N4O4/c1-16(24-2)22(30)25-20-14-26(21(29)11-8-17-6-4-3-5-7-17)13-12-18-9-10-19(15-28)27(18)23(20)31/h3-7,15-16,18-20,24H,8-14H2,1-2H3,(H,25,30)/t16-,18+,19-,20-/m0/s1. The highest BCUT2D eigenvalue weighted by atomic mass is 16.2. The van der Waals surface area contributed by atoms with Gasteiger partial charge in [-0.05, 0) is 45.2 Å². The normalized spacial score (nSPS) is 24.7. The van der Waals surface area contributed by atoms with Gasteiger partial charge in [0.15, 0.2) is 0 Å². The lowest BCUT2D eigenvalue weighted by atomic mass is 10.0. The third-order valence-electron chi connectivity index (χ3n) is 6.36. The van der Waals surface area contributed by atoms with Gasteiger partial charge in [0.25, 0.3) is 0 Å².